The zero-order valence-electron chi connectivity index (χ0n) is 13.1. The van der Waals surface area contributed by atoms with Crippen LogP contribution in [0.25, 0.3) is 11.1 Å². The van der Waals surface area contributed by atoms with E-state index in [4.69, 9.17) is 11.6 Å². The van der Waals surface area contributed by atoms with Crippen LogP contribution in [0.2, 0.25) is 5.02 Å². The van der Waals surface area contributed by atoms with Gasteiger partial charge in [0.1, 0.15) is 11.6 Å². The van der Waals surface area contributed by atoms with Crippen LogP contribution >= 0.6 is 11.6 Å². The standard InChI is InChI=1S/C19H11ClF3NO2/c20-14-5-7-16(25)17(23)18(14)24-19(26)13-9-11(4-6-15(13)22)10-2-1-3-12(21)8-10/h1-9,25H,(H,24,26). The molecule has 1 amide bonds. The monoisotopic (exact) mass is 377 g/mol. The smallest absolute Gasteiger partial charge is 0.258 e. The van der Waals surface area contributed by atoms with E-state index in [9.17, 15) is 23.1 Å². The van der Waals surface area contributed by atoms with Gasteiger partial charge in [-0.05, 0) is 47.5 Å². The lowest BCUT2D eigenvalue weighted by molar-refractivity contribution is 0.102. The number of phenolic OH excluding ortho intramolecular Hbond substituents is 1. The van der Waals surface area contributed by atoms with Crippen LogP contribution in [0, 0.1) is 17.5 Å². The van der Waals surface area contributed by atoms with E-state index in [2.05, 4.69) is 5.32 Å². The van der Waals surface area contributed by atoms with Gasteiger partial charge in [-0.3, -0.25) is 4.79 Å². The average Bonchev–Trinajstić information content (AvgIpc) is 2.62. The summed E-state index contributed by atoms with van der Waals surface area (Å²) in [5.74, 6) is -4.14. The van der Waals surface area contributed by atoms with Crippen LogP contribution in [0.3, 0.4) is 0 Å². The first kappa shape index (κ1) is 17.8. The molecule has 3 aromatic carbocycles. The molecule has 0 aromatic heterocycles. The third kappa shape index (κ3) is 3.50. The Bertz CT molecular complexity index is 1010. The summed E-state index contributed by atoms with van der Waals surface area (Å²) in [4.78, 5) is 12.4. The van der Waals surface area contributed by atoms with E-state index in [-0.39, 0.29) is 10.6 Å². The molecule has 2 N–H and O–H groups in total. The second-order valence-electron chi connectivity index (χ2n) is 5.41. The molecule has 0 heterocycles. The number of rotatable bonds is 3. The highest BCUT2D eigenvalue weighted by Gasteiger charge is 2.19. The normalized spacial score (nSPS) is 10.6. The van der Waals surface area contributed by atoms with Crippen molar-refractivity contribution in [2.75, 3.05) is 5.32 Å². The average molecular weight is 378 g/mol. The van der Waals surface area contributed by atoms with E-state index >= 15 is 0 Å². The topological polar surface area (TPSA) is 49.3 Å². The van der Waals surface area contributed by atoms with Crippen LogP contribution in [-0.2, 0) is 0 Å². The summed E-state index contributed by atoms with van der Waals surface area (Å²) in [5.41, 5.74) is -0.00283. The molecular formula is C19H11ClF3NO2. The molecule has 0 unspecified atom stereocenters. The van der Waals surface area contributed by atoms with Gasteiger partial charge in [-0.1, -0.05) is 29.8 Å². The van der Waals surface area contributed by atoms with E-state index in [0.29, 0.717) is 11.1 Å². The maximum Gasteiger partial charge on any atom is 0.258 e. The summed E-state index contributed by atoms with van der Waals surface area (Å²) in [6.45, 7) is 0. The number of phenols is 1. The van der Waals surface area contributed by atoms with Crippen LogP contribution in [0.5, 0.6) is 5.75 Å². The molecule has 3 nitrogen and oxygen atoms in total. The summed E-state index contributed by atoms with van der Waals surface area (Å²) in [5, 5.41) is 11.4. The van der Waals surface area contributed by atoms with Crippen LogP contribution < -0.4 is 5.32 Å². The van der Waals surface area contributed by atoms with Gasteiger partial charge in [0.2, 0.25) is 0 Å². The molecule has 0 aliphatic rings. The predicted octanol–water partition coefficient (Wildman–Crippen LogP) is 5.38. The molecule has 0 spiro atoms. The van der Waals surface area contributed by atoms with E-state index < -0.39 is 34.8 Å². The molecule has 132 valence electrons. The van der Waals surface area contributed by atoms with Gasteiger partial charge in [0, 0.05) is 0 Å². The molecule has 0 aliphatic carbocycles. The number of carbonyl (C=O) groups excluding carboxylic acids is 1. The first-order valence-corrected chi connectivity index (χ1v) is 7.78. The number of hydrogen-bond donors (Lipinski definition) is 2. The number of halogens is 4. The Morgan fingerprint density at radius 2 is 1.69 bits per heavy atom. The predicted molar refractivity (Wildman–Crippen MR) is 92.8 cm³/mol. The summed E-state index contributed by atoms with van der Waals surface area (Å²) < 4.78 is 41.4. The van der Waals surface area contributed by atoms with Crippen molar-refractivity contribution in [3.8, 4) is 16.9 Å². The fourth-order valence-corrected chi connectivity index (χ4v) is 2.58. The van der Waals surface area contributed by atoms with E-state index in [1.807, 2.05) is 0 Å². The molecule has 0 aliphatic heterocycles. The van der Waals surface area contributed by atoms with Gasteiger partial charge in [-0.25, -0.2) is 13.2 Å². The Hall–Kier alpha value is -2.99. The third-order valence-corrected chi connectivity index (χ3v) is 3.99. The molecule has 7 heteroatoms. The van der Waals surface area contributed by atoms with Crippen molar-refractivity contribution in [2.45, 2.75) is 0 Å². The molecule has 0 atom stereocenters. The number of nitrogens with one attached hydrogen (secondary N) is 1. The highest BCUT2D eigenvalue weighted by molar-refractivity contribution is 6.34. The van der Waals surface area contributed by atoms with Gasteiger partial charge >= 0.3 is 0 Å². The van der Waals surface area contributed by atoms with Crippen molar-refractivity contribution in [3.05, 3.63) is 82.6 Å². The van der Waals surface area contributed by atoms with Crippen molar-refractivity contribution in [2.24, 2.45) is 0 Å². The van der Waals surface area contributed by atoms with Crippen LogP contribution in [0.15, 0.2) is 54.6 Å². The fraction of sp³-hybridized carbons (Fsp3) is 0. The molecule has 3 aromatic rings. The van der Waals surface area contributed by atoms with Gasteiger partial charge in [-0.15, -0.1) is 0 Å². The zero-order valence-corrected chi connectivity index (χ0v) is 13.8. The lowest BCUT2D eigenvalue weighted by atomic mass is 10.0. The zero-order chi connectivity index (χ0) is 18.8. The maximum absolute atomic E-state index is 14.1. The highest BCUT2D eigenvalue weighted by atomic mass is 35.5. The molecule has 3 rings (SSSR count). The largest absolute Gasteiger partial charge is 0.505 e. The minimum Gasteiger partial charge on any atom is -0.505 e. The van der Waals surface area contributed by atoms with Gasteiger partial charge in [-0.2, -0.15) is 0 Å². The summed E-state index contributed by atoms with van der Waals surface area (Å²) >= 11 is 5.82. The van der Waals surface area contributed by atoms with Crippen molar-refractivity contribution in [3.63, 3.8) is 0 Å². The van der Waals surface area contributed by atoms with Gasteiger partial charge < -0.3 is 10.4 Å². The van der Waals surface area contributed by atoms with E-state index in [1.54, 1.807) is 6.07 Å². The van der Waals surface area contributed by atoms with Crippen LogP contribution in [0.1, 0.15) is 10.4 Å². The Kier molecular flexibility index (Phi) is 4.86. The fourth-order valence-electron chi connectivity index (χ4n) is 2.38. The van der Waals surface area contributed by atoms with Crippen molar-refractivity contribution >= 4 is 23.2 Å². The van der Waals surface area contributed by atoms with Crippen LogP contribution in [0.4, 0.5) is 18.9 Å². The van der Waals surface area contributed by atoms with Gasteiger partial charge in [0.25, 0.3) is 5.91 Å². The second-order valence-corrected chi connectivity index (χ2v) is 5.82. The molecule has 0 bridgehead atoms. The molecule has 0 radical (unpaired) electrons. The molecule has 0 saturated carbocycles. The highest BCUT2D eigenvalue weighted by Crippen LogP contribution is 2.32. The summed E-state index contributed by atoms with van der Waals surface area (Å²) in [6, 6.07) is 11.5. The number of hydrogen-bond acceptors (Lipinski definition) is 2. The molecule has 0 fully saturated rings. The SMILES string of the molecule is O=C(Nc1c(Cl)ccc(O)c1F)c1cc(-c2cccc(F)c2)ccc1F. The van der Waals surface area contributed by atoms with E-state index in [0.717, 1.165) is 12.1 Å². The first-order valence-electron chi connectivity index (χ1n) is 7.40. The number of aromatic hydroxyl groups is 1. The summed E-state index contributed by atoms with van der Waals surface area (Å²) in [7, 11) is 0. The summed E-state index contributed by atoms with van der Waals surface area (Å²) in [6.07, 6.45) is 0. The Balaban J connectivity index is 1.98. The Labute approximate surface area is 151 Å². The lowest BCUT2D eigenvalue weighted by Gasteiger charge is -2.11. The number of carbonyl (C=O) groups is 1. The lowest BCUT2D eigenvalue weighted by Crippen LogP contribution is -2.15. The molecule has 26 heavy (non-hydrogen) atoms. The number of amides is 1. The minimum absolute atomic E-state index is 0.157. The minimum atomic E-state index is -1.13. The maximum atomic E-state index is 14.1. The Morgan fingerprint density at radius 3 is 2.42 bits per heavy atom. The molecular weight excluding hydrogens is 367 g/mol. The molecule has 0 saturated heterocycles. The number of benzene rings is 3. The van der Waals surface area contributed by atoms with E-state index in [1.165, 1.54) is 36.4 Å². The van der Waals surface area contributed by atoms with Crippen molar-refractivity contribution in [1.82, 2.24) is 0 Å². The van der Waals surface area contributed by atoms with Gasteiger partial charge in [0.05, 0.1) is 16.3 Å². The van der Waals surface area contributed by atoms with Crippen molar-refractivity contribution < 1.29 is 23.1 Å². The van der Waals surface area contributed by atoms with Gasteiger partial charge in [0.15, 0.2) is 11.6 Å². The van der Waals surface area contributed by atoms with Crippen molar-refractivity contribution in [1.29, 1.82) is 0 Å². The third-order valence-electron chi connectivity index (χ3n) is 3.68. The Morgan fingerprint density at radius 1 is 0.962 bits per heavy atom. The first-order chi connectivity index (χ1) is 12.4. The van der Waals surface area contributed by atoms with Crippen LogP contribution in [-0.4, -0.2) is 11.0 Å². The second kappa shape index (κ2) is 7.09. The quantitative estimate of drug-likeness (QED) is 0.643. The number of anilines is 1.